The molecule has 1 heterocycles. The molecule has 0 radical (unpaired) electrons. The second kappa shape index (κ2) is 9.51. The van der Waals surface area contributed by atoms with Crippen molar-refractivity contribution in [1.82, 2.24) is 4.90 Å². The van der Waals surface area contributed by atoms with Gasteiger partial charge in [-0.1, -0.05) is 53.8 Å². The molecule has 0 bridgehead atoms. The molecule has 30 heavy (non-hydrogen) atoms. The lowest BCUT2D eigenvalue weighted by atomic mass is 10.1. The number of amides is 1. The van der Waals surface area contributed by atoms with E-state index in [1.54, 1.807) is 36.4 Å². The lowest BCUT2D eigenvalue weighted by Gasteiger charge is -2.23. The first-order chi connectivity index (χ1) is 14.3. The molecule has 156 valence electrons. The fraction of sp³-hybridized carbons (Fsp3) is 0.190. The molecule has 0 N–H and O–H groups in total. The third-order valence-corrected chi connectivity index (χ3v) is 5.93. The predicted octanol–water partition coefficient (Wildman–Crippen LogP) is 3.27. The summed E-state index contributed by atoms with van der Waals surface area (Å²) in [7, 11) is 1.52. The molecule has 1 saturated heterocycles. The van der Waals surface area contributed by atoms with Gasteiger partial charge in [-0.15, -0.1) is 0 Å². The van der Waals surface area contributed by atoms with Gasteiger partial charge in [-0.05, 0) is 48.4 Å². The highest BCUT2D eigenvalue weighted by molar-refractivity contribution is 8.26. The van der Waals surface area contributed by atoms with E-state index in [1.165, 1.54) is 14.0 Å². The molecule has 1 fully saturated rings. The van der Waals surface area contributed by atoms with Gasteiger partial charge >= 0.3 is 0 Å². The van der Waals surface area contributed by atoms with Crippen LogP contribution < -0.4 is 14.6 Å². The number of carboxylic acids is 1. The van der Waals surface area contributed by atoms with Crippen LogP contribution in [0.4, 0.5) is 0 Å². The highest BCUT2D eigenvalue weighted by Crippen LogP contribution is 2.35. The Morgan fingerprint density at radius 3 is 2.60 bits per heavy atom. The van der Waals surface area contributed by atoms with E-state index < -0.39 is 17.9 Å². The van der Waals surface area contributed by atoms with Crippen LogP contribution >= 0.6 is 35.6 Å². The summed E-state index contributed by atoms with van der Waals surface area (Å²) < 4.78 is 11.4. The third-order valence-electron chi connectivity index (χ3n) is 4.34. The highest BCUT2D eigenvalue weighted by atomic mass is 35.5. The monoisotopic (exact) mass is 462 g/mol. The molecule has 2 aromatic rings. The van der Waals surface area contributed by atoms with Gasteiger partial charge in [0.2, 0.25) is 0 Å². The van der Waals surface area contributed by atoms with Crippen LogP contribution in [0.3, 0.4) is 0 Å². The summed E-state index contributed by atoms with van der Waals surface area (Å²) in [6.45, 7) is 1.70. The second-order valence-corrected chi connectivity index (χ2v) is 8.48. The van der Waals surface area contributed by atoms with Crippen molar-refractivity contribution in [3.8, 4) is 11.5 Å². The lowest BCUT2D eigenvalue weighted by molar-refractivity contribution is -0.309. The van der Waals surface area contributed by atoms with Crippen LogP contribution in [0.15, 0.2) is 47.4 Å². The number of hydrogen-bond donors (Lipinski definition) is 0. The Bertz CT molecular complexity index is 1020. The normalized spacial score (nSPS) is 16.1. The zero-order valence-electron chi connectivity index (χ0n) is 16.1. The van der Waals surface area contributed by atoms with Crippen LogP contribution in [-0.2, 0) is 16.2 Å². The van der Waals surface area contributed by atoms with Crippen molar-refractivity contribution >= 4 is 57.9 Å². The van der Waals surface area contributed by atoms with E-state index in [2.05, 4.69) is 0 Å². The molecular formula is C21H17ClNO5S2-. The number of carbonyl (C=O) groups is 2. The molecule has 0 spiro atoms. The van der Waals surface area contributed by atoms with Crippen LogP contribution in [0.2, 0.25) is 5.02 Å². The number of methoxy groups -OCH3 is 1. The van der Waals surface area contributed by atoms with Crippen molar-refractivity contribution in [2.24, 2.45) is 0 Å². The summed E-state index contributed by atoms with van der Waals surface area (Å²) in [4.78, 5) is 25.0. The average molecular weight is 463 g/mol. The molecule has 0 aliphatic carbocycles. The molecule has 0 unspecified atom stereocenters. The molecule has 1 aliphatic heterocycles. The number of benzene rings is 2. The number of carbonyl (C=O) groups excluding carboxylic acids is 2. The zero-order chi connectivity index (χ0) is 21.8. The molecule has 1 aliphatic rings. The van der Waals surface area contributed by atoms with Crippen molar-refractivity contribution in [2.75, 3.05) is 7.11 Å². The molecule has 6 nitrogen and oxygen atoms in total. The zero-order valence-corrected chi connectivity index (χ0v) is 18.5. The summed E-state index contributed by atoms with van der Waals surface area (Å²) in [6.07, 6.45) is 1.63. The maximum Gasteiger partial charge on any atom is 0.266 e. The van der Waals surface area contributed by atoms with Gasteiger partial charge in [-0.3, -0.25) is 9.69 Å². The summed E-state index contributed by atoms with van der Waals surface area (Å²) >= 11 is 12.1. The van der Waals surface area contributed by atoms with E-state index in [4.69, 9.17) is 33.3 Å². The van der Waals surface area contributed by atoms with Crippen molar-refractivity contribution in [3.63, 3.8) is 0 Å². The Labute approximate surface area is 188 Å². The summed E-state index contributed by atoms with van der Waals surface area (Å²) in [6, 6.07) is 11.4. The van der Waals surface area contributed by atoms with Crippen LogP contribution in [0, 0.1) is 0 Å². The van der Waals surface area contributed by atoms with Crippen molar-refractivity contribution in [3.05, 3.63) is 63.5 Å². The van der Waals surface area contributed by atoms with Crippen molar-refractivity contribution in [1.29, 1.82) is 0 Å². The minimum absolute atomic E-state index is 0.179. The standard InChI is InChI=1S/C21H18ClNO5S2/c1-12(20(25)26)23-19(24)18(30-21(23)29)10-14-5-8-16(17(9-14)27-2)28-11-13-3-6-15(22)7-4-13/h3-10,12H,11H2,1-2H3,(H,25,26)/p-1/b18-10-/t12-/m1/s1. The number of aliphatic carboxylic acids is 1. The van der Waals surface area contributed by atoms with E-state index >= 15 is 0 Å². The number of thioether (sulfide) groups is 1. The summed E-state index contributed by atoms with van der Waals surface area (Å²) in [5.41, 5.74) is 1.64. The molecule has 2 aromatic carbocycles. The van der Waals surface area contributed by atoms with E-state index in [-0.39, 0.29) is 4.32 Å². The minimum atomic E-state index is -1.36. The molecule has 1 atom stereocenters. The molecule has 0 saturated carbocycles. The molecule has 0 aromatic heterocycles. The molecule has 9 heteroatoms. The highest BCUT2D eigenvalue weighted by Gasteiger charge is 2.35. The van der Waals surface area contributed by atoms with Gasteiger partial charge in [-0.25, -0.2) is 0 Å². The topological polar surface area (TPSA) is 78.9 Å². The smallest absolute Gasteiger partial charge is 0.266 e. The number of rotatable bonds is 7. The second-order valence-electron chi connectivity index (χ2n) is 6.37. The molecule has 1 amide bonds. The Hall–Kier alpha value is -2.55. The van der Waals surface area contributed by atoms with Gasteiger partial charge in [0.05, 0.1) is 24.0 Å². The minimum Gasteiger partial charge on any atom is -0.548 e. The maximum atomic E-state index is 12.6. The first-order valence-electron chi connectivity index (χ1n) is 8.83. The fourth-order valence-corrected chi connectivity index (χ4v) is 4.25. The Morgan fingerprint density at radius 1 is 1.27 bits per heavy atom. The third kappa shape index (κ3) is 4.95. The Kier molecular flexibility index (Phi) is 7.02. The van der Waals surface area contributed by atoms with Gasteiger partial charge in [0, 0.05) is 5.02 Å². The quantitative estimate of drug-likeness (QED) is 0.461. The first-order valence-corrected chi connectivity index (χ1v) is 10.4. The van der Waals surface area contributed by atoms with E-state index in [9.17, 15) is 14.7 Å². The van der Waals surface area contributed by atoms with Gasteiger partial charge in [0.15, 0.2) is 11.5 Å². The summed E-state index contributed by atoms with van der Waals surface area (Å²) in [5, 5.41) is 11.8. The predicted molar refractivity (Wildman–Crippen MR) is 118 cm³/mol. The number of nitrogens with zero attached hydrogens (tertiary/aromatic N) is 1. The number of carboxylic acid groups (broad SMARTS) is 1. The SMILES string of the molecule is COc1cc(/C=C2\SC(=S)N([C@H](C)C(=O)[O-])C2=O)ccc1OCc1ccc(Cl)cc1. The number of ether oxygens (including phenoxy) is 2. The van der Waals surface area contributed by atoms with Crippen LogP contribution in [-0.4, -0.2) is 34.2 Å². The Morgan fingerprint density at radius 2 is 1.97 bits per heavy atom. The van der Waals surface area contributed by atoms with E-state index in [1.807, 2.05) is 12.1 Å². The molecular weight excluding hydrogens is 446 g/mol. The number of halogens is 1. The van der Waals surface area contributed by atoms with Gasteiger partial charge in [0.25, 0.3) is 5.91 Å². The summed E-state index contributed by atoms with van der Waals surface area (Å²) in [5.74, 6) is -0.792. The largest absolute Gasteiger partial charge is 0.548 e. The lowest BCUT2D eigenvalue weighted by Crippen LogP contribution is -2.48. The van der Waals surface area contributed by atoms with Gasteiger partial charge < -0.3 is 19.4 Å². The van der Waals surface area contributed by atoms with Crippen LogP contribution in [0.25, 0.3) is 6.08 Å². The van der Waals surface area contributed by atoms with Crippen molar-refractivity contribution in [2.45, 2.75) is 19.6 Å². The van der Waals surface area contributed by atoms with E-state index in [0.717, 1.165) is 22.2 Å². The maximum absolute atomic E-state index is 12.6. The van der Waals surface area contributed by atoms with Gasteiger partial charge in [-0.2, -0.15) is 0 Å². The van der Waals surface area contributed by atoms with Crippen LogP contribution in [0.5, 0.6) is 11.5 Å². The van der Waals surface area contributed by atoms with Crippen molar-refractivity contribution < 1.29 is 24.2 Å². The number of hydrogen-bond acceptors (Lipinski definition) is 7. The van der Waals surface area contributed by atoms with Crippen LogP contribution in [0.1, 0.15) is 18.1 Å². The molecule has 3 rings (SSSR count). The Balaban J connectivity index is 1.77. The number of thiocarbonyl (C=S) groups is 1. The average Bonchev–Trinajstić information content (AvgIpc) is 3.00. The van der Waals surface area contributed by atoms with Gasteiger partial charge in [0.1, 0.15) is 10.9 Å². The van der Waals surface area contributed by atoms with E-state index in [0.29, 0.717) is 33.6 Å². The fourth-order valence-electron chi connectivity index (χ4n) is 2.71. The first kappa shape index (κ1) is 22.1.